The Morgan fingerprint density at radius 3 is 2.42 bits per heavy atom. The van der Waals surface area contributed by atoms with Gasteiger partial charge >= 0.3 is 6.36 Å². The molecule has 1 atom stereocenters. The number of hydrogen-bond donors (Lipinski definition) is 4. The molecule has 0 bridgehead atoms. The van der Waals surface area contributed by atoms with E-state index in [-0.39, 0.29) is 18.7 Å². The highest BCUT2D eigenvalue weighted by Gasteiger charge is 2.49. The Kier molecular flexibility index (Phi) is 5.68. The van der Waals surface area contributed by atoms with Gasteiger partial charge in [0.2, 0.25) is 0 Å². The second kappa shape index (κ2) is 7.43. The third-order valence-electron chi connectivity index (χ3n) is 3.85. The average Bonchev–Trinajstić information content (AvgIpc) is 2.53. The van der Waals surface area contributed by atoms with E-state index in [1.807, 2.05) is 0 Å². The van der Waals surface area contributed by atoms with Crippen molar-refractivity contribution in [2.75, 3.05) is 20.2 Å². The van der Waals surface area contributed by atoms with Gasteiger partial charge in [0.15, 0.2) is 11.6 Å². The molecule has 1 aromatic rings. The van der Waals surface area contributed by atoms with E-state index < -0.39 is 41.4 Å². The highest BCUT2D eigenvalue weighted by molar-refractivity contribution is 5.98. The molecule has 26 heavy (non-hydrogen) atoms. The molecular weight excluding hydrogens is 366 g/mol. The minimum Gasteiger partial charge on any atom is -0.403 e. The summed E-state index contributed by atoms with van der Waals surface area (Å²) in [5.41, 5.74) is -0.0980. The van der Waals surface area contributed by atoms with Crippen molar-refractivity contribution < 1.29 is 41.8 Å². The van der Waals surface area contributed by atoms with Gasteiger partial charge in [0.05, 0.1) is 0 Å². The maximum absolute atomic E-state index is 13.7. The first-order valence-corrected chi connectivity index (χ1v) is 7.18. The number of hydrogen-bond acceptors (Lipinski definition) is 6. The lowest BCUT2D eigenvalue weighted by molar-refractivity contribution is -0.275. The molecule has 1 heterocycles. The highest BCUT2D eigenvalue weighted by Crippen LogP contribution is 2.26. The van der Waals surface area contributed by atoms with E-state index in [2.05, 4.69) is 15.4 Å². The first-order valence-electron chi connectivity index (χ1n) is 7.18. The molecule has 1 fully saturated rings. The van der Waals surface area contributed by atoms with Crippen LogP contribution in [0.2, 0.25) is 0 Å². The van der Waals surface area contributed by atoms with Gasteiger partial charge in [-0.3, -0.25) is 14.8 Å². The van der Waals surface area contributed by atoms with Crippen molar-refractivity contribution in [3.8, 4) is 5.75 Å². The number of alkyl halides is 3. The normalized spacial score (nSPS) is 17.0. The van der Waals surface area contributed by atoms with Crippen molar-refractivity contribution in [3.05, 3.63) is 29.6 Å². The van der Waals surface area contributed by atoms with Crippen LogP contribution in [0.4, 0.5) is 17.6 Å². The Balaban J connectivity index is 2.19. The van der Waals surface area contributed by atoms with E-state index in [9.17, 15) is 27.2 Å². The molecule has 0 saturated carbocycles. The van der Waals surface area contributed by atoms with Gasteiger partial charge in [-0.05, 0) is 18.2 Å². The lowest BCUT2D eigenvalue weighted by atomic mass is 9.87. The zero-order chi connectivity index (χ0) is 19.5. The van der Waals surface area contributed by atoms with E-state index in [0.29, 0.717) is 12.1 Å². The zero-order valence-corrected chi connectivity index (χ0v) is 13.3. The summed E-state index contributed by atoms with van der Waals surface area (Å²) in [5.74, 6) is -4.45. The molecule has 0 radical (unpaired) electrons. The van der Waals surface area contributed by atoms with Crippen LogP contribution in [0, 0.1) is 5.82 Å². The number of carbonyl (C=O) groups excluding carboxylic acids is 2. The van der Waals surface area contributed by atoms with Crippen LogP contribution in [0.25, 0.3) is 0 Å². The molecule has 0 spiro atoms. The van der Waals surface area contributed by atoms with Crippen LogP contribution in [0.3, 0.4) is 0 Å². The van der Waals surface area contributed by atoms with Gasteiger partial charge < -0.3 is 20.1 Å². The predicted octanol–water partition coefficient (Wildman–Crippen LogP) is 0.316. The minimum absolute atomic E-state index is 0.189. The van der Waals surface area contributed by atoms with Crippen molar-refractivity contribution in [2.45, 2.75) is 18.0 Å². The molecule has 144 valence electrons. The van der Waals surface area contributed by atoms with Crippen LogP contribution in [0.5, 0.6) is 5.75 Å². The third kappa shape index (κ3) is 4.20. The molecule has 4 N–H and O–H groups in total. The Morgan fingerprint density at radius 1 is 1.35 bits per heavy atom. The fraction of sp³-hybridized carbons (Fsp3) is 0.429. The molecule has 1 aliphatic heterocycles. The molecule has 2 rings (SSSR count). The van der Waals surface area contributed by atoms with Crippen LogP contribution in [-0.2, 0) is 9.53 Å². The molecule has 2 amide bonds. The molecule has 1 aliphatic rings. The van der Waals surface area contributed by atoms with Crippen molar-refractivity contribution in [3.63, 3.8) is 0 Å². The monoisotopic (exact) mass is 381 g/mol. The highest BCUT2D eigenvalue weighted by atomic mass is 19.4. The first-order chi connectivity index (χ1) is 12.1. The van der Waals surface area contributed by atoms with E-state index in [4.69, 9.17) is 9.94 Å². The van der Waals surface area contributed by atoms with Crippen LogP contribution in [-0.4, -0.2) is 55.2 Å². The van der Waals surface area contributed by atoms with Crippen LogP contribution in [0.1, 0.15) is 10.4 Å². The molecule has 0 aliphatic carbocycles. The number of halogens is 4. The van der Waals surface area contributed by atoms with Crippen LogP contribution < -0.4 is 20.9 Å². The Morgan fingerprint density at radius 2 is 2.00 bits per heavy atom. The second-order valence-electron chi connectivity index (χ2n) is 5.45. The largest absolute Gasteiger partial charge is 0.573 e. The van der Waals surface area contributed by atoms with Gasteiger partial charge in [-0.1, -0.05) is 0 Å². The number of hydroxylamine groups is 1. The van der Waals surface area contributed by atoms with Crippen LogP contribution >= 0.6 is 0 Å². The maximum atomic E-state index is 13.7. The maximum Gasteiger partial charge on any atom is 0.573 e. The first kappa shape index (κ1) is 19.9. The SMILES string of the molecule is COC1(C(NC(=O)c2ccc(OC(F)(F)F)c(F)c2)C(=O)NO)CNC1. The fourth-order valence-electron chi connectivity index (χ4n) is 2.40. The van der Waals surface area contributed by atoms with Crippen molar-refractivity contribution in [1.29, 1.82) is 0 Å². The number of ether oxygens (including phenoxy) is 2. The van der Waals surface area contributed by atoms with E-state index in [1.54, 1.807) is 0 Å². The van der Waals surface area contributed by atoms with Gasteiger partial charge in [-0.2, -0.15) is 0 Å². The molecule has 1 aromatic carbocycles. The van der Waals surface area contributed by atoms with Crippen molar-refractivity contribution in [2.24, 2.45) is 0 Å². The van der Waals surface area contributed by atoms with Crippen molar-refractivity contribution in [1.82, 2.24) is 16.1 Å². The number of carbonyl (C=O) groups is 2. The average molecular weight is 381 g/mol. The van der Waals surface area contributed by atoms with Gasteiger partial charge in [-0.25, -0.2) is 9.87 Å². The Bertz CT molecular complexity index is 688. The quantitative estimate of drug-likeness (QED) is 0.321. The molecule has 0 aromatic heterocycles. The molecule has 1 saturated heterocycles. The standard InChI is InChI=1S/C14H15F4N3O5/c1-25-13(5-19-6-13)10(12(23)21-24)20-11(22)7-2-3-9(8(15)4-7)26-14(16,17)18/h2-4,10,19,24H,5-6H2,1H3,(H,20,22)(H,21,23). The number of rotatable bonds is 6. The van der Waals surface area contributed by atoms with E-state index >= 15 is 0 Å². The summed E-state index contributed by atoms with van der Waals surface area (Å²) in [5, 5.41) is 14.0. The van der Waals surface area contributed by atoms with Gasteiger partial charge in [0.25, 0.3) is 11.8 Å². The summed E-state index contributed by atoms with van der Waals surface area (Å²) < 4.78 is 58.8. The molecule has 1 unspecified atom stereocenters. The number of nitrogens with one attached hydrogen (secondary N) is 3. The molecular formula is C14H15F4N3O5. The Hall–Kier alpha value is -2.44. The number of methoxy groups -OCH3 is 1. The molecule has 12 heteroatoms. The van der Waals surface area contributed by atoms with E-state index in [0.717, 1.165) is 6.07 Å². The summed E-state index contributed by atoms with van der Waals surface area (Å²) in [7, 11) is 1.30. The number of amides is 2. The summed E-state index contributed by atoms with van der Waals surface area (Å²) in [6.07, 6.45) is -5.09. The zero-order valence-electron chi connectivity index (χ0n) is 13.3. The lowest BCUT2D eigenvalue weighted by Crippen LogP contribution is -2.74. The summed E-state index contributed by atoms with van der Waals surface area (Å²) in [4.78, 5) is 24.1. The summed E-state index contributed by atoms with van der Waals surface area (Å²) in [6, 6.07) is 0.727. The van der Waals surface area contributed by atoms with E-state index in [1.165, 1.54) is 12.6 Å². The number of benzene rings is 1. The van der Waals surface area contributed by atoms with Crippen LogP contribution in [0.15, 0.2) is 18.2 Å². The van der Waals surface area contributed by atoms with Crippen molar-refractivity contribution >= 4 is 11.8 Å². The third-order valence-corrected chi connectivity index (χ3v) is 3.85. The van der Waals surface area contributed by atoms with Gasteiger partial charge in [0.1, 0.15) is 11.6 Å². The van der Waals surface area contributed by atoms with Gasteiger partial charge in [0, 0.05) is 25.8 Å². The lowest BCUT2D eigenvalue weighted by Gasteiger charge is -2.45. The smallest absolute Gasteiger partial charge is 0.403 e. The Labute approximate surface area is 144 Å². The molecule has 8 nitrogen and oxygen atoms in total. The second-order valence-corrected chi connectivity index (χ2v) is 5.45. The minimum atomic E-state index is -5.09. The fourth-order valence-corrected chi connectivity index (χ4v) is 2.40. The summed E-state index contributed by atoms with van der Waals surface area (Å²) in [6.45, 7) is 0.378. The van der Waals surface area contributed by atoms with Gasteiger partial charge in [-0.15, -0.1) is 13.2 Å². The predicted molar refractivity (Wildman–Crippen MR) is 76.9 cm³/mol. The summed E-state index contributed by atoms with van der Waals surface area (Å²) >= 11 is 0. The topological polar surface area (TPSA) is 109 Å².